The topological polar surface area (TPSA) is 12.0 Å². The SMILES string of the molecule is Cc1ccc(CC(C)(C)CNCC(C)C)c(Cl)c1. The van der Waals surface area contributed by atoms with Crippen LogP contribution in [0.1, 0.15) is 38.8 Å². The Kier molecular flexibility index (Phi) is 5.68. The van der Waals surface area contributed by atoms with Crippen LogP contribution in [0, 0.1) is 18.3 Å². The monoisotopic (exact) mass is 267 g/mol. The van der Waals surface area contributed by atoms with E-state index in [9.17, 15) is 0 Å². The summed E-state index contributed by atoms with van der Waals surface area (Å²) in [5.74, 6) is 0.698. The Morgan fingerprint density at radius 1 is 1.28 bits per heavy atom. The normalized spacial score (nSPS) is 12.2. The lowest BCUT2D eigenvalue weighted by Gasteiger charge is -2.26. The zero-order chi connectivity index (χ0) is 13.8. The van der Waals surface area contributed by atoms with Gasteiger partial charge in [-0.2, -0.15) is 0 Å². The van der Waals surface area contributed by atoms with E-state index in [0.717, 1.165) is 24.5 Å². The molecule has 0 aliphatic rings. The molecule has 0 heterocycles. The molecular weight excluding hydrogens is 242 g/mol. The molecule has 0 fully saturated rings. The predicted molar refractivity (Wildman–Crippen MR) is 81.4 cm³/mol. The maximum atomic E-state index is 6.30. The molecule has 0 spiro atoms. The molecule has 0 aliphatic heterocycles. The molecule has 2 heteroatoms. The summed E-state index contributed by atoms with van der Waals surface area (Å²) in [7, 11) is 0. The van der Waals surface area contributed by atoms with Crippen molar-refractivity contribution in [2.45, 2.75) is 41.0 Å². The molecule has 0 aromatic heterocycles. The van der Waals surface area contributed by atoms with Gasteiger partial charge in [-0.05, 0) is 48.4 Å². The van der Waals surface area contributed by atoms with E-state index in [-0.39, 0.29) is 5.41 Å². The van der Waals surface area contributed by atoms with Crippen LogP contribution in [0.5, 0.6) is 0 Å². The Balaban J connectivity index is 2.58. The van der Waals surface area contributed by atoms with Crippen molar-refractivity contribution >= 4 is 11.6 Å². The van der Waals surface area contributed by atoms with Crippen molar-refractivity contribution < 1.29 is 0 Å². The average molecular weight is 268 g/mol. The van der Waals surface area contributed by atoms with Gasteiger partial charge in [0.25, 0.3) is 0 Å². The van der Waals surface area contributed by atoms with Crippen LogP contribution in [0.2, 0.25) is 5.02 Å². The lowest BCUT2D eigenvalue weighted by Crippen LogP contribution is -2.33. The molecule has 0 amide bonds. The number of nitrogens with one attached hydrogen (secondary N) is 1. The van der Waals surface area contributed by atoms with Crippen LogP contribution < -0.4 is 5.32 Å². The Hall–Kier alpha value is -0.530. The molecule has 0 bridgehead atoms. The first kappa shape index (κ1) is 15.5. The highest BCUT2D eigenvalue weighted by atomic mass is 35.5. The van der Waals surface area contributed by atoms with E-state index in [2.05, 4.69) is 58.1 Å². The van der Waals surface area contributed by atoms with Crippen LogP contribution in [0.25, 0.3) is 0 Å². The Bertz CT molecular complexity index is 383. The summed E-state index contributed by atoms with van der Waals surface area (Å²) >= 11 is 6.30. The van der Waals surface area contributed by atoms with Crippen molar-refractivity contribution in [3.63, 3.8) is 0 Å². The number of aryl methyl sites for hydroxylation is 1. The highest BCUT2D eigenvalue weighted by Gasteiger charge is 2.19. The first-order chi connectivity index (χ1) is 8.30. The third kappa shape index (κ3) is 5.41. The molecule has 1 aromatic rings. The van der Waals surface area contributed by atoms with E-state index in [0.29, 0.717) is 5.92 Å². The third-order valence-electron chi connectivity index (χ3n) is 3.03. The number of hydrogen-bond donors (Lipinski definition) is 1. The van der Waals surface area contributed by atoms with Gasteiger partial charge < -0.3 is 5.32 Å². The summed E-state index contributed by atoms with van der Waals surface area (Å²) < 4.78 is 0. The standard InChI is InChI=1S/C16H26ClN/c1-12(2)10-18-11-16(4,5)9-14-7-6-13(3)8-15(14)17/h6-8,12,18H,9-11H2,1-5H3. The molecule has 1 N–H and O–H groups in total. The second kappa shape index (κ2) is 6.58. The molecule has 102 valence electrons. The van der Waals surface area contributed by atoms with Crippen LogP contribution in [0.3, 0.4) is 0 Å². The molecule has 0 atom stereocenters. The van der Waals surface area contributed by atoms with E-state index in [1.54, 1.807) is 0 Å². The molecule has 18 heavy (non-hydrogen) atoms. The fourth-order valence-corrected chi connectivity index (χ4v) is 2.37. The molecule has 0 radical (unpaired) electrons. The minimum absolute atomic E-state index is 0.230. The van der Waals surface area contributed by atoms with Crippen LogP contribution in [0.4, 0.5) is 0 Å². The zero-order valence-corrected chi connectivity index (χ0v) is 13.1. The van der Waals surface area contributed by atoms with E-state index in [4.69, 9.17) is 11.6 Å². The second-order valence-electron chi connectivity index (χ2n) is 6.46. The van der Waals surface area contributed by atoms with Crippen molar-refractivity contribution in [3.8, 4) is 0 Å². The number of benzene rings is 1. The van der Waals surface area contributed by atoms with Crippen LogP contribution in [-0.2, 0) is 6.42 Å². The molecule has 0 saturated carbocycles. The Morgan fingerprint density at radius 2 is 1.94 bits per heavy atom. The molecule has 1 rings (SSSR count). The van der Waals surface area contributed by atoms with Gasteiger partial charge in [-0.25, -0.2) is 0 Å². The summed E-state index contributed by atoms with van der Waals surface area (Å²) in [5, 5.41) is 4.43. The predicted octanol–water partition coefficient (Wildman–Crippen LogP) is 4.46. The van der Waals surface area contributed by atoms with Gasteiger partial charge in [-0.3, -0.25) is 0 Å². The highest BCUT2D eigenvalue weighted by molar-refractivity contribution is 6.31. The summed E-state index contributed by atoms with van der Waals surface area (Å²) in [6.07, 6.45) is 1.01. The minimum atomic E-state index is 0.230. The number of hydrogen-bond acceptors (Lipinski definition) is 1. The van der Waals surface area contributed by atoms with Crippen LogP contribution in [-0.4, -0.2) is 13.1 Å². The van der Waals surface area contributed by atoms with Crippen molar-refractivity contribution in [1.29, 1.82) is 0 Å². The smallest absolute Gasteiger partial charge is 0.0440 e. The van der Waals surface area contributed by atoms with Gasteiger partial charge in [0.15, 0.2) is 0 Å². The fourth-order valence-electron chi connectivity index (χ4n) is 2.07. The molecule has 0 aliphatic carbocycles. The van der Waals surface area contributed by atoms with Crippen molar-refractivity contribution in [1.82, 2.24) is 5.32 Å². The van der Waals surface area contributed by atoms with Crippen LogP contribution in [0.15, 0.2) is 18.2 Å². The van der Waals surface area contributed by atoms with Gasteiger partial charge in [0.1, 0.15) is 0 Å². The quantitative estimate of drug-likeness (QED) is 0.802. The summed E-state index contributed by atoms with van der Waals surface area (Å²) in [6.45, 7) is 13.2. The molecule has 1 aromatic carbocycles. The number of halogens is 1. The zero-order valence-electron chi connectivity index (χ0n) is 12.3. The summed E-state index contributed by atoms with van der Waals surface area (Å²) in [6, 6.07) is 6.34. The second-order valence-corrected chi connectivity index (χ2v) is 6.87. The van der Waals surface area contributed by atoms with E-state index in [1.807, 2.05) is 0 Å². The van der Waals surface area contributed by atoms with Gasteiger partial charge >= 0.3 is 0 Å². The Labute approximate surface area is 117 Å². The van der Waals surface area contributed by atoms with Gasteiger partial charge in [0.05, 0.1) is 0 Å². The minimum Gasteiger partial charge on any atom is -0.316 e. The maximum Gasteiger partial charge on any atom is 0.0440 e. The lowest BCUT2D eigenvalue weighted by molar-refractivity contribution is 0.330. The van der Waals surface area contributed by atoms with E-state index in [1.165, 1.54) is 11.1 Å². The van der Waals surface area contributed by atoms with Gasteiger partial charge in [-0.15, -0.1) is 0 Å². The van der Waals surface area contributed by atoms with Gasteiger partial charge in [0.2, 0.25) is 0 Å². The first-order valence-electron chi connectivity index (χ1n) is 6.76. The Morgan fingerprint density at radius 3 is 2.50 bits per heavy atom. The third-order valence-corrected chi connectivity index (χ3v) is 3.39. The van der Waals surface area contributed by atoms with Crippen LogP contribution >= 0.6 is 11.6 Å². The summed E-state index contributed by atoms with van der Waals surface area (Å²) in [5.41, 5.74) is 2.70. The molecular formula is C16H26ClN. The molecule has 0 unspecified atom stereocenters. The number of rotatable bonds is 6. The maximum absolute atomic E-state index is 6.30. The summed E-state index contributed by atoms with van der Waals surface area (Å²) in [4.78, 5) is 0. The highest BCUT2D eigenvalue weighted by Crippen LogP contribution is 2.26. The molecule has 0 saturated heterocycles. The van der Waals surface area contributed by atoms with Gasteiger partial charge in [0, 0.05) is 11.6 Å². The van der Waals surface area contributed by atoms with Gasteiger partial charge in [-0.1, -0.05) is 51.4 Å². The largest absolute Gasteiger partial charge is 0.316 e. The van der Waals surface area contributed by atoms with Crippen molar-refractivity contribution in [2.75, 3.05) is 13.1 Å². The lowest BCUT2D eigenvalue weighted by atomic mass is 9.85. The fraction of sp³-hybridized carbons (Fsp3) is 0.625. The van der Waals surface area contributed by atoms with Crippen molar-refractivity contribution in [2.24, 2.45) is 11.3 Å². The average Bonchev–Trinajstić information content (AvgIpc) is 2.21. The van der Waals surface area contributed by atoms with E-state index < -0.39 is 0 Å². The first-order valence-corrected chi connectivity index (χ1v) is 7.14. The van der Waals surface area contributed by atoms with E-state index >= 15 is 0 Å². The van der Waals surface area contributed by atoms with Crippen molar-refractivity contribution in [3.05, 3.63) is 34.3 Å². The molecule has 1 nitrogen and oxygen atoms in total.